The van der Waals surface area contributed by atoms with E-state index in [0.29, 0.717) is 5.56 Å². The van der Waals surface area contributed by atoms with Gasteiger partial charge in [0.2, 0.25) is 0 Å². The van der Waals surface area contributed by atoms with E-state index in [1.807, 2.05) is 0 Å². The molecule has 0 aliphatic heterocycles. The minimum Gasteiger partial charge on any atom is -0.324 e. The van der Waals surface area contributed by atoms with Gasteiger partial charge in [-0.25, -0.2) is 4.39 Å². The van der Waals surface area contributed by atoms with Crippen LogP contribution >= 0.6 is 23.2 Å². The Morgan fingerprint density at radius 2 is 2.00 bits per heavy atom. The minimum atomic E-state index is -0.529. The van der Waals surface area contributed by atoms with E-state index in [0.717, 1.165) is 0 Å². The molecule has 1 unspecified atom stereocenters. The van der Waals surface area contributed by atoms with Gasteiger partial charge >= 0.3 is 0 Å². The highest BCUT2D eigenvalue weighted by Crippen LogP contribution is 2.29. The second kappa shape index (κ2) is 3.60. The van der Waals surface area contributed by atoms with Gasteiger partial charge in [-0.05, 0) is 13.0 Å². The largest absolute Gasteiger partial charge is 0.324 e. The Balaban J connectivity index is 3.27. The third kappa shape index (κ3) is 1.71. The summed E-state index contributed by atoms with van der Waals surface area (Å²) in [6, 6.07) is 2.69. The van der Waals surface area contributed by atoms with Gasteiger partial charge in [0.05, 0.1) is 10.0 Å². The summed E-state index contributed by atoms with van der Waals surface area (Å²) in [6.45, 7) is 1.68. The lowest BCUT2D eigenvalue weighted by molar-refractivity contribution is 0.594. The molecule has 12 heavy (non-hydrogen) atoms. The van der Waals surface area contributed by atoms with Crippen LogP contribution < -0.4 is 5.73 Å². The molecule has 2 N–H and O–H groups in total. The highest BCUT2D eigenvalue weighted by molar-refractivity contribution is 6.42. The van der Waals surface area contributed by atoms with Crippen LogP contribution in [0.25, 0.3) is 0 Å². The number of hydrogen-bond acceptors (Lipinski definition) is 1. The van der Waals surface area contributed by atoms with E-state index in [4.69, 9.17) is 28.9 Å². The smallest absolute Gasteiger partial charge is 0.148 e. The van der Waals surface area contributed by atoms with Gasteiger partial charge in [0.15, 0.2) is 0 Å². The summed E-state index contributed by atoms with van der Waals surface area (Å²) < 4.78 is 13.2. The number of benzene rings is 1. The second-order valence-corrected chi connectivity index (χ2v) is 3.34. The Labute approximate surface area is 80.3 Å². The molecule has 66 valence electrons. The van der Waals surface area contributed by atoms with Crippen LogP contribution in [0.5, 0.6) is 0 Å². The summed E-state index contributed by atoms with van der Waals surface area (Å²) in [5.74, 6) is -0.529. The zero-order valence-electron chi connectivity index (χ0n) is 6.44. The molecule has 0 saturated heterocycles. The quantitative estimate of drug-likeness (QED) is 0.704. The normalized spacial score (nSPS) is 13.1. The molecular weight excluding hydrogens is 200 g/mol. The maximum absolute atomic E-state index is 13.2. The van der Waals surface area contributed by atoms with Gasteiger partial charge in [-0.3, -0.25) is 0 Å². The Kier molecular flexibility index (Phi) is 2.94. The standard InChI is InChI=1S/C8H8Cl2FN/c1-4(12)5-2-3-6(9)7(10)8(5)11/h2-4H,12H2,1H3. The molecular formula is C8H8Cl2FN. The second-order valence-electron chi connectivity index (χ2n) is 2.55. The highest BCUT2D eigenvalue weighted by Gasteiger charge is 2.12. The number of hydrogen-bond donors (Lipinski definition) is 1. The lowest BCUT2D eigenvalue weighted by Gasteiger charge is -2.08. The molecule has 0 saturated carbocycles. The van der Waals surface area contributed by atoms with Crippen LogP contribution in [0, 0.1) is 5.82 Å². The molecule has 1 atom stereocenters. The van der Waals surface area contributed by atoms with Crippen LogP contribution in [0.4, 0.5) is 4.39 Å². The van der Waals surface area contributed by atoms with Crippen molar-refractivity contribution in [3.63, 3.8) is 0 Å². The van der Waals surface area contributed by atoms with Gasteiger partial charge in [-0.2, -0.15) is 0 Å². The average Bonchev–Trinajstić information content (AvgIpc) is 2.00. The molecule has 4 heteroatoms. The van der Waals surface area contributed by atoms with Crippen LogP contribution in [0.1, 0.15) is 18.5 Å². The van der Waals surface area contributed by atoms with Gasteiger partial charge in [0, 0.05) is 11.6 Å². The molecule has 0 amide bonds. The van der Waals surface area contributed by atoms with Gasteiger partial charge in [-0.15, -0.1) is 0 Å². The zero-order valence-corrected chi connectivity index (χ0v) is 7.96. The van der Waals surface area contributed by atoms with E-state index in [9.17, 15) is 4.39 Å². The predicted molar refractivity (Wildman–Crippen MR) is 49.0 cm³/mol. The van der Waals surface area contributed by atoms with Gasteiger partial charge in [-0.1, -0.05) is 29.3 Å². The van der Waals surface area contributed by atoms with Gasteiger partial charge < -0.3 is 5.73 Å². The van der Waals surface area contributed by atoms with E-state index < -0.39 is 5.82 Å². The van der Waals surface area contributed by atoms with E-state index in [1.54, 1.807) is 6.92 Å². The van der Waals surface area contributed by atoms with Crippen molar-refractivity contribution in [2.75, 3.05) is 0 Å². The van der Waals surface area contributed by atoms with Crippen molar-refractivity contribution in [3.8, 4) is 0 Å². The van der Waals surface area contributed by atoms with E-state index in [2.05, 4.69) is 0 Å². The Morgan fingerprint density at radius 1 is 1.42 bits per heavy atom. The third-order valence-electron chi connectivity index (χ3n) is 1.56. The van der Waals surface area contributed by atoms with Crippen molar-refractivity contribution in [2.24, 2.45) is 5.73 Å². The first-order valence-corrected chi connectivity index (χ1v) is 4.18. The molecule has 0 aliphatic carbocycles. The number of halogens is 3. The van der Waals surface area contributed by atoms with E-state index in [-0.39, 0.29) is 16.1 Å². The number of nitrogens with two attached hydrogens (primary N) is 1. The zero-order chi connectivity index (χ0) is 9.30. The highest BCUT2D eigenvalue weighted by atomic mass is 35.5. The van der Waals surface area contributed by atoms with Crippen LogP contribution in [-0.4, -0.2) is 0 Å². The van der Waals surface area contributed by atoms with Gasteiger partial charge in [0.1, 0.15) is 5.82 Å². The fourth-order valence-corrected chi connectivity index (χ4v) is 1.21. The van der Waals surface area contributed by atoms with E-state index in [1.165, 1.54) is 12.1 Å². The summed E-state index contributed by atoms with van der Waals surface area (Å²) in [7, 11) is 0. The van der Waals surface area contributed by atoms with Crippen molar-refractivity contribution >= 4 is 23.2 Å². The summed E-state index contributed by atoms with van der Waals surface area (Å²) >= 11 is 11.1. The maximum atomic E-state index is 13.2. The molecule has 0 fully saturated rings. The first-order chi connectivity index (χ1) is 5.54. The van der Waals surface area contributed by atoms with Gasteiger partial charge in [0.25, 0.3) is 0 Å². The van der Waals surface area contributed by atoms with Crippen LogP contribution in [-0.2, 0) is 0 Å². The molecule has 0 spiro atoms. The minimum absolute atomic E-state index is 0.0635. The van der Waals surface area contributed by atoms with Crippen LogP contribution in [0.3, 0.4) is 0 Å². The van der Waals surface area contributed by atoms with Crippen LogP contribution in [0.2, 0.25) is 10.0 Å². The first kappa shape index (κ1) is 9.78. The molecule has 1 rings (SSSR count). The summed E-state index contributed by atoms with van der Waals surface area (Å²) in [5, 5.41) is 0.144. The van der Waals surface area contributed by atoms with Crippen molar-refractivity contribution in [3.05, 3.63) is 33.6 Å². The fraction of sp³-hybridized carbons (Fsp3) is 0.250. The number of rotatable bonds is 1. The summed E-state index contributed by atoms with van der Waals surface area (Å²) in [4.78, 5) is 0. The maximum Gasteiger partial charge on any atom is 0.148 e. The van der Waals surface area contributed by atoms with Crippen LogP contribution in [0.15, 0.2) is 12.1 Å². The molecule has 0 radical (unpaired) electrons. The molecule has 1 nitrogen and oxygen atoms in total. The lowest BCUT2D eigenvalue weighted by atomic mass is 10.1. The molecule has 1 aromatic rings. The summed E-state index contributed by atoms with van der Waals surface area (Å²) in [5.41, 5.74) is 5.87. The Morgan fingerprint density at radius 3 is 2.50 bits per heavy atom. The Bertz CT molecular complexity index is 299. The monoisotopic (exact) mass is 207 g/mol. The molecule has 0 heterocycles. The van der Waals surface area contributed by atoms with Crippen molar-refractivity contribution in [2.45, 2.75) is 13.0 Å². The average molecular weight is 208 g/mol. The topological polar surface area (TPSA) is 26.0 Å². The van der Waals surface area contributed by atoms with E-state index >= 15 is 0 Å². The van der Waals surface area contributed by atoms with Crippen molar-refractivity contribution < 1.29 is 4.39 Å². The Hall–Kier alpha value is -0.310. The predicted octanol–water partition coefficient (Wildman–Crippen LogP) is 3.15. The SMILES string of the molecule is CC(N)c1ccc(Cl)c(Cl)c1F. The lowest BCUT2D eigenvalue weighted by Crippen LogP contribution is -2.07. The molecule has 0 aromatic heterocycles. The van der Waals surface area contributed by atoms with Crippen molar-refractivity contribution in [1.29, 1.82) is 0 Å². The molecule has 0 bridgehead atoms. The third-order valence-corrected chi connectivity index (χ3v) is 2.34. The molecule has 1 aromatic carbocycles. The molecule has 0 aliphatic rings. The summed E-state index contributed by atoms with van der Waals surface area (Å²) in [6.07, 6.45) is 0. The first-order valence-electron chi connectivity index (χ1n) is 3.43. The fourth-order valence-electron chi connectivity index (χ4n) is 0.893. The van der Waals surface area contributed by atoms with Crippen molar-refractivity contribution in [1.82, 2.24) is 0 Å².